The molecule has 1 aliphatic carbocycles. The third-order valence-corrected chi connectivity index (χ3v) is 2.50. The van der Waals surface area contributed by atoms with Crippen LogP contribution < -0.4 is 5.32 Å². The Morgan fingerprint density at radius 3 is 2.92 bits per heavy atom. The van der Waals surface area contributed by atoms with Crippen LogP contribution in [0.15, 0.2) is 12.2 Å². The van der Waals surface area contributed by atoms with Gasteiger partial charge in [0.25, 0.3) is 0 Å². The van der Waals surface area contributed by atoms with Gasteiger partial charge in [-0.2, -0.15) is 0 Å². The minimum absolute atomic E-state index is 0.596. The zero-order chi connectivity index (χ0) is 9.03. The number of hydrogen-bond donors (Lipinski definition) is 2. The lowest BCUT2D eigenvalue weighted by molar-refractivity contribution is -0.144. The van der Waals surface area contributed by atoms with E-state index in [0.717, 1.165) is 12.8 Å². The Kier molecular flexibility index (Phi) is 2.87. The van der Waals surface area contributed by atoms with Crippen LogP contribution >= 0.6 is 0 Å². The van der Waals surface area contributed by atoms with Gasteiger partial charge in [0.05, 0.1) is 0 Å². The van der Waals surface area contributed by atoms with Crippen LogP contribution in [-0.4, -0.2) is 23.7 Å². The van der Waals surface area contributed by atoms with Gasteiger partial charge in [0.15, 0.2) is 0 Å². The first kappa shape index (κ1) is 9.26. The first-order valence-electron chi connectivity index (χ1n) is 4.28. The second kappa shape index (κ2) is 3.72. The number of hydrogen-bond acceptors (Lipinski definition) is 2. The Morgan fingerprint density at radius 2 is 2.33 bits per heavy atom. The van der Waals surface area contributed by atoms with Gasteiger partial charge in [-0.3, -0.25) is 4.79 Å². The maximum atomic E-state index is 11.0. The highest BCUT2D eigenvalue weighted by molar-refractivity contribution is 5.79. The average Bonchev–Trinajstić information content (AvgIpc) is 2.29. The van der Waals surface area contributed by atoms with Crippen molar-refractivity contribution in [3.05, 3.63) is 12.2 Å². The molecule has 0 spiro atoms. The molecule has 0 bridgehead atoms. The molecule has 0 aromatic heterocycles. The molecule has 1 atom stereocenters. The van der Waals surface area contributed by atoms with E-state index in [-0.39, 0.29) is 0 Å². The van der Waals surface area contributed by atoms with Crippen LogP contribution in [0.1, 0.15) is 25.7 Å². The molecule has 0 saturated heterocycles. The first-order chi connectivity index (χ1) is 5.71. The summed E-state index contributed by atoms with van der Waals surface area (Å²) in [6, 6.07) is 0. The van der Waals surface area contributed by atoms with E-state index in [1.54, 1.807) is 7.05 Å². The number of carbonyl (C=O) groups is 1. The van der Waals surface area contributed by atoms with Crippen LogP contribution in [0.4, 0.5) is 0 Å². The molecule has 2 N–H and O–H groups in total. The van der Waals surface area contributed by atoms with E-state index in [4.69, 9.17) is 5.11 Å². The van der Waals surface area contributed by atoms with E-state index < -0.39 is 11.5 Å². The Labute approximate surface area is 72.5 Å². The molecular formula is C9H15NO2. The lowest BCUT2D eigenvalue weighted by atomic mass is 9.91. The van der Waals surface area contributed by atoms with Crippen LogP contribution in [0, 0.1) is 0 Å². The summed E-state index contributed by atoms with van der Waals surface area (Å²) in [6.07, 6.45) is 7.27. The Bertz CT molecular complexity index is 201. The Balaban J connectivity index is 2.76. The zero-order valence-corrected chi connectivity index (χ0v) is 7.34. The van der Waals surface area contributed by atoms with Crippen molar-refractivity contribution < 1.29 is 9.90 Å². The molecule has 3 heteroatoms. The quantitative estimate of drug-likeness (QED) is 0.610. The summed E-state index contributed by atoms with van der Waals surface area (Å²) in [7, 11) is 1.72. The minimum Gasteiger partial charge on any atom is -0.480 e. The van der Waals surface area contributed by atoms with Gasteiger partial charge in [-0.15, -0.1) is 0 Å². The highest BCUT2D eigenvalue weighted by atomic mass is 16.4. The predicted octanol–water partition coefficient (Wildman–Crippen LogP) is 1.16. The molecule has 0 amide bonds. The summed E-state index contributed by atoms with van der Waals surface area (Å²) in [5.74, 6) is -0.739. The molecule has 0 heterocycles. The number of likely N-dealkylation sites (N-methyl/N-ethyl adjacent to an activating group) is 1. The number of carboxylic acid groups (broad SMARTS) is 1. The minimum atomic E-state index is -0.739. The normalized spacial score (nSPS) is 29.8. The molecule has 12 heavy (non-hydrogen) atoms. The third kappa shape index (κ3) is 1.67. The second-order valence-electron chi connectivity index (χ2n) is 3.21. The van der Waals surface area contributed by atoms with E-state index >= 15 is 0 Å². The highest BCUT2D eigenvalue weighted by Crippen LogP contribution is 2.22. The van der Waals surface area contributed by atoms with Crippen LogP contribution in [0.5, 0.6) is 0 Å². The molecule has 68 valence electrons. The van der Waals surface area contributed by atoms with Crippen molar-refractivity contribution in [3.63, 3.8) is 0 Å². The van der Waals surface area contributed by atoms with Crippen LogP contribution in [0.3, 0.4) is 0 Å². The van der Waals surface area contributed by atoms with Gasteiger partial charge in [-0.05, 0) is 32.7 Å². The van der Waals surface area contributed by atoms with Gasteiger partial charge in [0.2, 0.25) is 0 Å². The fraction of sp³-hybridized carbons (Fsp3) is 0.667. The van der Waals surface area contributed by atoms with Crippen molar-refractivity contribution >= 4 is 5.97 Å². The van der Waals surface area contributed by atoms with Crippen molar-refractivity contribution in [2.24, 2.45) is 0 Å². The molecule has 0 aliphatic heterocycles. The van der Waals surface area contributed by atoms with Crippen molar-refractivity contribution in [3.8, 4) is 0 Å². The third-order valence-electron chi connectivity index (χ3n) is 2.50. The van der Waals surface area contributed by atoms with Crippen LogP contribution in [0.2, 0.25) is 0 Å². The Morgan fingerprint density at radius 1 is 1.58 bits per heavy atom. The predicted molar refractivity (Wildman–Crippen MR) is 47.0 cm³/mol. The van der Waals surface area contributed by atoms with Gasteiger partial charge < -0.3 is 10.4 Å². The van der Waals surface area contributed by atoms with E-state index in [0.29, 0.717) is 12.8 Å². The number of allylic oxidation sites excluding steroid dienone is 1. The number of carboxylic acids is 1. The maximum Gasteiger partial charge on any atom is 0.324 e. The average molecular weight is 169 g/mol. The Hall–Kier alpha value is -0.830. The molecular weight excluding hydrogens is 154 g/mol. The summed E-state index contributed by atoms with van der Waals surface area (Å²) in [4.78, 5) is 11.0. The smallest absolute Gasteiger partial charge is 0.324 e. The molecule has 1 unspecified atom stereocenters. The van der Waals surface area contributed by atoms with Gasteiger partial charge >= 0.3 is 5.97 Å². The standard InChI is InChI=1S/C9H15NO2/c1-10-9(8(11)12)6-4-2-3-5-7-9/h2,4,10H,3,5-7H2,1H3,(H,11,12). The maximum absolute atomic E-state index is 11.0. The van der Waals surface area contributed by atoms with Crippen molar-refractivity contribution in [1.29, 1.82) is 0 Å². The van der Waals surface area contributed by atoms with Gasteiger partial charge in [0, 0.05) is 0 Å². The van der Waals surface area contributed by atoms with E-state index in [9.17, 15) is 4.79 Å². The molecule has 0 fully saturated rings. The summed E-state index contributed by atoms with van der Waals surface area (Å²) >= 11 is 0. The molecule has 0 aromatic carbocycles. The summed E-state index contributed by atoms with van der Waals surface area (Å²) in [5, 5.41) is 11.9. The summed E-state index contributed by atoms with van der Waals surface area (Å²) in [5.41, 5.74) is -0.715. The van der Waals surface area contributed by atoms with E-state index in [2.05, 4.69) is 11.4 Å². The van der Waals surface area contributed by atoms with Crippen LogP contribution in [0.25, 0.3) is 0 Å². The highest BCUT2D eigenvalue weighted by Gasteiger charge is 2.35. The topological polar surface area (TPSA) is 49.3 Å². The van der Waals surface area contributed by atoms with Crippen molar-refractivity contribution in [2.75, 3.05) is 7.05 Å². The second-order valence-corrected chi connectivity index (χ2v) is 3.21. The monoisotopic (exact) mass is 169 g/mol. The zero-order valence-electron chi connectivity index (χ0n) is 7.34. The summed E-state index contributed by atoms with van der Waals surface area (Å²) in [6.45, 7) is 0. The summed E-state index contributed by atoms with van der Waals surface area (Å²) < 4.78 is 0. The molecule has 1 rings (SSSR count). The van der Waals surface area contributed by atoms with Crippen molar-refractivity contribution in [2.45, 2.75) is 31.2 Å². The molecule has 1 aliphatic rings. The fourth-order valence-electron chi connectivity index (χ4n) is 1.55. The number of aliphatic carboxylic acids is 1. The van der Waals surface area contributed by atoms with E-state index in [1.807, 2.05) is 6.08 Å². The molecule has 0 aromatic rings. The van der Waals surface area contributed by atoms with Gasteiger partial charge in [-0.25, -0.2) is 0 Å². The van der Waals surface area contributed by atoms with Gasteiger partial charge in [0.1, 0.15) is 5.54 Å². The first-order valence-corrected chi connectivity index (χ1v) is 4.28. The molecule has 3 nitrogen and oxygen atoms in total. The fourth-order valence-corrected chi connectivity index (χ4v) is 1.55. The SMILES string of the molecule is CNC1(C(=O)O)CC=CCCC1. The largest absolute Gasteiger partial charge is 0.480 e. The van der Waals surface area contributed by atoms with Gasteiger partial charge in [-0.1, -0.05) is 12.2 Å². The molecule has 0 radical (unpaired) electrons. The number of rotatable bonds is 2. The lowest BCUT2D eigenvalue weighted by Gasteiger charge is -2.26. The van der Waals surface area contributed by atoms with Crippen LogP contribution in [-0.2, 0) is 4.79 Å². The van der Waals surface area contributed by atoms with E-state index in [1.165, 1.54) is 0 Å². The van der Waals surface area contributed by atoms with Crippen molar-refractivity contribution in [1.82, 2.24) is 5.32 Å². The lowest BCUT2D eigenvalue weighted by Crippen LogP contribution is -2.49. The number of nitrogens with one attached hydrogen (secondary N) is 1. The molecule has 0 saturated carbocycles.